The summed E-state index contributed by atoms with van der Waals surface area (Å²) in [5, 5.41) is 11.9. The molecule has 0 saturated carbocycles. The number of nitriles is 1. The van der Waals surface area contributed by atoms with Crippen LogP contribution >= 0.6 is 0 Å². The SMILES string of the molecule is COCCN(C)CCNCc1cccc(C#N)c1F. The second kappa shape index (κ2) is 8.59. The Bertz CT molecular complexity index is 431. The molecule has 1 aromatic carbocycles. The highest BCUT2D eigenvalue weighted by atomic mass is 19.1. The van der Waals surface area contributed by atoms with Crippen LogP contribution in [0.5, 0.6) is 0 Å². The van der Waals surface area contributed by atoms with E-state index in [9.17, 15) is 4.39 Å². The van der Waals surface area contributed by atoms with Crippen LogP contribution in [0.25, 0.3) is 0 Å². The Labute approximate surface area is 113 Å². The molecule has 0 saturated heterocycles. The lowest BCUT2D eigenvalue weighted by atomic mass is 10.1. The minimum absolute atomic E-state index is 0.0940. The van der Waals surface area contributed by atoms with Gasteiger partial charge in [0.2, 0.25) is 0 Å². The van der Waals surface area contributed by atoms with E-state index in [1.54, 1.807) is 19.2 Å². The zero-order valence-electron chi connectivity index (χ0n) is 11.4. The second-order valence-electron chi connectivity index (χ2n) is 4.36. The Morgan fingerprint density at radius 3 is 2.89 bits per heavy atom. The molecule has 0 aliphatic rings. The molecular weight excluding hydrogens is 245 g/mol. The van der Waals surface area contributed by atoms with Crippen molar-refractivity contribution in [2.24, 2.45) is 0 Å². The second-order valence-corrected chi connectivity index (χ2v) is 4.36. The van der Waals surface area contributed by atoms with Crippen LogP contribution in [-0.4, -0.2) is 45.3 Å². The van der Waals surface area contributed by atoms with E-state index in [-0.39, 0.29) is 5.56 Å². The van der Waals surface area contributed by atoms with Crippen molar-refractivity contribution in [3.63, 3.8) is 0 Å². The van der Waals surface area contributed by atoms with Crippen molar-refractivity contribution in [2.45, 2.75) is 6.54 Å². The summed E-state index contributed by atoms with van der Waals surface area (Å²) >= 11 is 0. The van der Waals surface area contributed by atoms with Crippen LogP contribution in [0.1, 0.15) is 11.1 Å². The monoisotopic (exact) mass is 265 g/mol. The number of hydrogen-bond donors (Lipinski definition) is 1. The molecule has 0 amide bonds. The molecule has 0 bridgehead atoms. The average molecular weight is 265 g/mol. The van der Waals surface area contributed by atoms with Gasteiger partial charge in [-0.3, -0.25) is 0 Å². The van der Waals surface area contributed by atoms with Crippen LogP contribution in [0.2, 0.25) is 0 Å². The molecule has 0 fully saturated rings. The van der Waals surface area contributed by atoms with E-state index in [4.69, 9.17) is 10.00 Å². The van der Waals surface area contributed by atoms with Crippen molar-refractivity contribution in [2.75, 3.05) is 40.4 Å². The van der Waals surface area contributed by atoms with Crippen molar-refractivity contribution >= 4 is 0 Å². The quantitative estimate of drug-likeness (QED) is 0.721. The summed E-state index contributed by atoms with van der Waals surface area (Å²) in [6, 6.07) is 6.72. The number of likely N-dealkylation sites (N-methyl/N-ethyl adjacent to an activating group) is 1. The standard InChI is InChI=1S/C14H20FN3O/c1-18(8-9-19-2)7-6-17-11-13-5-3-4-12(10-16)14(13)15/h3-5,17H,6-9,11H2,1-2H3. The van der Waals surface area contributed by atoms with Gasteiger partial charge in [0.25, 0.3) is 0 Å². The summed E-state index contributed by atoms with van der Waals surface area (Å²) in [7, 11) is 3.69. The number of ether oxygens (including phenoxy) is 1. The summed E-state index contributed by atoms with van der Waals surface area (Å²) in [6.07, 6.45) is 0. The topological polar surface area (TPSA) is 48.3 Å². The van der Waals surface area contributed by atoms with Gasteiger partial charge in [-0.15, -0.1) is 0 Å². The third-order valence-corrected chi connectivity index (χ3v) is 2.86. The van der Waals surface area contributed by atoms with Crippen LogP contribution in [0.4, 0.5) is 4.39 Å². The lowest BCUT2D eigenvalue weighted by molar-refractivity contribution is 0.161. The number of hydrogen-bond acceptors (Lipinski definition) is 4. The first kappa shape index (κ1) is 15.6. The lowest BCUT2D eigenvalue weighted by Gasteiger charge is -2.16. The Morgan fingerprint density at radius 2 is 2.21 bits per heavy atom. The third-order valence-electron chi connectivity index (χ3n) is 2.86. The minimum Gasteiger partial charge on any atom is -0.383 e. The summed E-state index contributed by atoms with van der Waals surface area (Å²) in [4.78, 5) is 2.14. The maximum absolute atomic E-state index is 13.7. The van der Waals surface area contributed by atoms with Crippen molar-refractivity contribution in [3.8, 4) is 6.07 Å². The number of benzene rings is 1. The van der Waals surface area contributed by atoms with E-state index in [1.807, 2.05) is 13.1 Å². The first-order chi connectivity index (χ1) is 9.19. The van der Waals surface area contributed by atoms with E-state index in [0.29, 0.717) is 18.7 Å². The molecule has 0 radical (unpaired) electrons. The van der Waals surface area contributed by atoms with Gasteiger partial charge >= 0.3 is 0 Å². The van der Waals surface area contributed by atoms with Crippen LogP contribution in [0.3, 0.4) is 0 Å². The van der Waals surface area contributed by atoms with Gasteiger partial charge in [0, 0.05) is 38.9 Å². The summed E-state index contributed by atoms with van der Waals surface area (Å²) in [6.45, 7) is 3.63. The third kappa shape index (κ3) is 5.35. The number of nitrogens with zero attached hydrogens (tertiary/aromatic N) is 2. The number of methoxy groups -OCH3 is 1. The highest BCUT2D eigenvalue weighted by Crippen LogP contribution is 2.11. The molecule has 0 aliphatic carbocycles. The van der Waals surface area contributed by atoms with Crippen LogP contribution in [0, 0.1) is 17.1 Å². The highest BCUT2D eigenvalue weighted by Gasteiger charge is 2.06. The van der Waals surface area contributed by atoms with Gasteiger partial charge < -0.3 is 15.0 Å². The molecule has 0 aromatic heterocycles. The van der Waals surface area contributed by atoms with Crippen molar-refractivity contribution in [1.82, 2.24) is 10.2 Å². The average Bonchev–Trinajstić information content (AvgIpc) is 2.42. The van der Waals surface area contributed by atoms with E-state index >= 15 is 0 Å². The molecule has 1 aromatic rings. The molecule has 0 atom stereocenters. The molecule has 0 unspecified atom stereocenters. The maximum Gasteiger partial charge on any atom is 0.145 e. The van der Waals surface area contributed by atoms with Gasteiger partial charge in [-0.1, -0.05) is 12.1 Å². The molecule has 0 heterocycles. The molecule has 4 nitrogen and oxygen atoms in total. The smallest absolute Gasteiger partial charge is 0.145 e. The Kier molecular flexibility index (Phi) is 7.04. The highest BCUT2D eigenvalue weighted by molar-refractivity contribution is 5.34. The van der Waals surface area contributed by atoms with Gasteiger partial charge in [-0.2, -0.15) is 5.26 Å². The van der Waals surface area contributed by atoms with Crippen LogP contribution in [0.15, 0.2) is 18.2 Å². The van der Waals surface area contributed by atoms with E-state index < -0.39 is 5.82 Å². The van der Waals surface area contributed by atoms with E-state index in [1.165, 1.54) is 6.07 Å². The van der Waals surface area contributed by atoms with E-state index in [2.05, 4.69) is 10.2 Å². The van der Waals surface area contributed by atoms with Crippen LogP contribution in [-0.2, 0) is 11.3 Å². The largest absolute Gasteiger partial charge is 0.383 e. The normalized spacial score (nSPS) is 10.7. The number of halogens is 1. The maximum atomic E-state index is 13.7. The van der Waals surface area contributed by atoms with Gasteiger partial charge in [0.1, 0.15) is 11.9 Å². The fourth-order valence-corrected chi connectivity index (χ4v) is 1.65. The fourth-order valence-electron chi connectivity index (χ4n) is 1.65. The van der Waals surface area contributed by atoms with Gasteiger partial charge in [-0.25, -0.2) is 4.39 Å². The first-order valence-electron chi connectivity index (χ1n) is 6.24. The first-order valence-corrected chi connectivity index (χ1v) is 6.24. The molecular formula is C14H20FN3O. The van der Waals surface area contributed by atoms with Crippen molar-refractivity contribution in [3.05, 3.63) is 35.1 Å². The summed E-state index contributed by atoms with van der Waals surface area (Å²) < 4.78 is 18.7. The number of nitrogens with one attached hydrogen (secondary N) is 1. The zero-order valence-corrected chi connectivity index (χ0v) is 11.4. The zero-order chi connectivity index (χ0) is 14.1. The molecule has 5 heteroatoms. The predicted molar refractivity (Wildman–Crippen MR) is 72.2 cm³/mol. The molecule has 1 N–H and O–H groups in total. The van der Waals surface area contributed by atoms with Crippen molar-refractivity contribution < 1.29 is 9.13 Å². The molecule has 0 aliphatic heterocycles. The Hall–Kier alpha value is -1.48. The van der Waals surface area contributed by atoms with Gasteiger partial charge in [0.05, 0.1) is 12.2 Å². The minimum atomic E-state index is -0.426. The summed E-state index contributed by atoms with van der Waals surface area (Å²) in [5.74, 6) is -0.426. The van der Waals surface area contributed by atoms with Crippen LogP contribution < -0.4 is 5.32 Å². The molecule has 104 valence electrons. The molecule has 1 rings (SSSR count). The van der Waals surface area contributed by atoms with Crippen molar-refractivity contribution in [1.29, 1.82) is 5.26 Å². The summed E-state index contributed by atoms with van der Waals surface area (Å²) in [5.41, 5.74) is 0.620. The van der Waals surface area contributed by atoms with Gasteiger partial charge in [-0.05, 0) is 13.1 Å². The number of rotatable bonds is 8. The van der Waals surface area contributed by atoms with Gasteiger partial charge in [0.15, 0.2) is 0 Å². The predicted octanol–water partition coefficient (Wildman–Crippen LogP) is 1.37. The molecule has 19 heavy (non-hydrogen) atoms. The molecule has 0 spiro atoms. The lowest BCUT2D eigenvalue weighted by Crippen LogP contribution is -2.31. The fraction of sp³-hybridized carbons (Fsp3) is 0.500. The Morgan fingerprint density at radius 1 is 1.42 bits per heavy atom. The Balaban J connectivity index is 2.32. The van der Waals surface area contributed by atoms with E-state index in [0.717, 1.165) is 19.6 Å².